The van der Waals surface area contributed by atoms with Crippen molar-refractivity contribution in [2.75, 3.05) is 56.0 Å². The molecule has 0 bridgehead atoms. The van der Waals surface area contributed by atoms with Gasteiger partial charge >= 0.3 is 5.97 Å². The van der Waals surface area contributed by atoms with Crippen LogP contribution in [0, 0.1) is 0 Å². The Balaban J connectivity index is 1.54. The van der Waals surface area contributed by atoms with Crippen molar-refractivity contribution in [2.45, 2.75) is 0 Å². The molecule has 1 amide bonds. The highest BCUT2D eigenvalue weighted by molar-refractivity contribution is 6.33. The van der Waals surface area contributed by atoms with Gasteiger partial charge < -0.3 is 30.2 Å². The molecule has 3 N–H and O–H groups in total. The maximum atomic E-state index is 12.3. The van der Waals surface area contributed by atoms with E-state index in [9.17, 15) is 9.59 Å². The molecule has 0 saturated carbocycles. The Morgan fingerprint density at radius 1 is 1.21 bits per heavy atom. The van der Waals surface area contributed by atoms with Gasteiger partial charge in [0, 0.05) is 30.5 Å². The second-order valence-electron chi connectivity index (χ2n) is 6.34. The molecular formula is C20H22ClN3O5. The van der Waals surface area contributed by atoms with Gasteiger partial charge in [-0.3, -0.25) is 4.79 Å². The van der Waals surface area contributed by atoms with Gasteiger partial charge in [-0.2, -0.15) is 0 Å². The Bertz CT molecular complexity index is 882. The van der Waals surface area contributed by atoms with Crippen LogP contribution in [0.15, 0.2) is 36.4 Å². The summed E-state index contributed by atoms with van der Waals surface area (Å²) >= 11 is 5.95. The number of hydrogen-bond donors (Lipinski definition) is 2. The average molecular weight is 420 g/mol. The fourth-order valence-electron chi connectivity index (χ4n) is 2.88. The number of methoxy groups -OCH3 is 1. The lowest BCUT2D eigenvalue weighted by molar-refractivity contribution is -0.119. The summed E-state index contributed by atoms with van der Waals surface area (Å²) in [4.78, 5) is 26.6. The van der Waals surface area contributed by atoms with Gasteiger partial charge in [0.05, 0.1) is 31.0 Å². The summed E-state index contributed by atoms with van der Waals surface area (Å²) in [6, 6.07) is 10.2. The molecule has 8 nitrogen and oxygen atoms in total. The number of morpholine rings is 1. The minimum absolute atomic E-state index is 0.0920. The van der Waals surface area contributed by atoms with Crippen LogP contribution in [-0.2, 0) is 14.3 Å². The van der Waals surface area contributed by atoms with Crippen LogP contribution in [0.25, 0.3) is 0 Å². The molecule has 9 heteroatoms. The number of hydrogen-bond acceptors (Lipinski definition) is 7. The molecule has 1 aliphatic heterocycles. The summed E-state index contributed by atoms with van der Waals surface area (Å²) in [6.45, 7) is 2.62. The maximum absolute atomic E-state index is 12.3. The summed E-state index contributed by atoms with van der Waals surface area (Å²) in [5, 5.41) is 2.89. The molecule has 0 unspecified atom stereocenters. The van der Waals surface area contributed by atoms with Gasteiger partial charge in [0.25, 0.3) is 5.91 Å². The van der Waals surface area contributed by atoms with Crippen molar-refractivity contribution in [3.05, 3.63) is 47.0 Å². The van der Waals surface area contributed by atoms with E-state index in [1.165, 1.54) is 19.2 Å². The minimum atomic E-state index is -0.735. The van der Waals surface area contributed by atoms with Crippen LogP contribution in [0.2, 0.25) is 5.02 Å². The molecule has 1 aliphatic rings. The second-order valence-corrected chi connectivity index (χ2v) is 6.75. The molecule has 2 aromatic rings. The Morgan fingerprint density at radius 3 is 2.55 bits per heavy atom. The maximum Gasteiger partial charge on any atom is 0.342 e. The molecule has 3 rings (SSSR count). The van der Waals surface area contributed by atoms with Crippen molar-refractivity contribution in [3.8, 4) is 5.75 Å². The third kappa shape index (κ3) is 5.30. The molecule has 0 aromatic heterocycles. The van der Waals surface area contributed by atoms with Crippen LogP contribution < -0.4 is 20.7 Å². The summed E-state index contributed by atoms with van der Waals surface area (Å²) in [7, 11) is 1.40. The molecule has 0 aliphatic carbocycles. The quantitative estimate of drug-likeness (QED) is 0.547. The van der Waals surface area contributed by atoms with Gasteiger partial charge in [-0.05, 0) is 30.3 Å². The zero-order valence-electron chi connectivity index (χ0n) is 15.9. The number of ether oxygens (including phenoxy) is 3. The molecule has 0 spiro atoms. The summed E-state index contributed by atoms with van der Waals surface area (Å²) in [5.74, 6) is -0.976. The first kappa shape index (κ1) is 20.8. The van der Waals surface area contributed by atoms with E-state index >= 15 is 0 Å². The number of carbonyl (C=O) groups excluding carboxylic acids is 2. The highest BCUT2D eigenvalue weighted by atomic mass is 35.5. The first-order valence-corrected chi connectivity index (χ1v) is 9.38. The van der Waals surface area contributed by atoms with Crippen molar-refractivity contribution >= 4 is 40.5 Å². The number of carbonyl (C=O) groups is 2. The molecular weight excluding hydrogens is 398 g/mol. The van der Waals surface area contributed by atoms with Crippen molar-refractivity contribution < 1.29 is 23.8 Å². The molecule has 1 saturated heterocycles. The van der Waals surface area contributed by atoms with Crippen LogP contribution >= 0.6 is 11.6 Å². The molecule has 1 fully saturated rings. The molecule has 29 heavy (non-hydrogen) atoms. The normalized spacial score (nSPS) is 13.7. The Kier molecular flexibility index (Phi) is 6.79. The van der Waals surface area contributed by atoms with E-state index in [2.05, 4.69) is 10.2 Å². The number of nitrogen functional groups attached to an aromatic ring is 1. The lowest BCUT2D eigenvalue weighted by Gasteiger charge is -2.28. The van der Waals surface area contributed by atoms with Crippen molar-refractivity contribution in [3.63, 3.8) is 0 Å². The van der Waals surface area contributed by atoms with Crippen LogP contribution in [0.3, 0.4) is 0 Å². The van der Waals surface area contributed by atoms with E-state index in [0.29, 0.717) is 18.9 Å². The monoisotopic (exact) mass is 419 g/mol. The van der Waals surface area contributed by atoms with Crippen molar-refractivity contribution in [1.29, 1.82) is 0 Å². The fourth-order valence-corrected chi connectivity index (χ4v) is 3.04. The van der Waals surface area contributed by atoms with Crippen molar-refractivity contribution in [2.24, 2.45) is 0 Å². The first-order chi connectivity index (χ1) is 14.0. The van der Waals surface area contributed by atoms with E-state index in [1.807, 2.05) is 12.1 Å². The van der Waals surface area contributed by atoms with E-state index < -0.39 is 18.5 Å². The number of nitrogens with two attached hydrogens (primary N) is 1. The van der Waals surface area contributed by atoms with Gasteiger partial charge in [0.15, 0.2) is 6.61 Å². The lowest BCUT2D eigenvalue weighted by Crippen LogP contribution is -2.36. The first-order valence-electron chi connectivity index (χ1n) is 9.00. The van der Waals surface area contributed by atoms with Gasteiger partial charge in [-0.15, -0.1) is 0 Å². The Hall–Kier alpha value is -2.97. The molecule has 0 atom stereocenters. The second kappa shape index (κ2) is 9.49. The topological polar surface area (TPSA) is 103 Å². The number of esters is 1. The largest absolute Gasteiger partial charge is 0.496 e. The summed E-state index contributed by atoms with van der Waals surface area (Å²) < 4.78 is 15.5. The number of nitrogens with zero attached hydrogens (tertiary/aromatic N) is 1. The predicted molar refractivity (Wildman–Crippen MR) is 111 cm³/mol. The molecule has 0 radical (unpaired) electrons. The van der Waals surface area contributed by atoms with Gasteiger partial charge in [0.2, 0.25) is 0 Å². The molecule has 2 aromatic carbocycles. The minimum Gasteiger partial charge on any atom is -0.496 e. The van der Waals surface area contributed by atoms with Crippen LogP contribution in [0.5, 0.6) is 5.75 Å². The zero-order chi connectivity index (χ0) is 20.8. The third-order valence-electron chi connectivity index (χ3n) is 4.40. The van der Waals surface area contributed by atoms with E-state index in [0.717, 1.165) is 18.8 Å². The van der Waals surface area contributed by atoms with Crippen LogP contribution in [0.1, 0.15) is 10.4 Å². The van der Waals surface area contributed by atoms with E-state index in [-0.39, 0.29) is 22.0 Å². The fraction of sp³-hybridized carbons (Fsp3) is 0.300. The number of nitrogens with one attached hydrogen (secondary N) is 1. The Morgan fingerprint density at radius 2 is 1.90 bits per heavy atom. The highest BCUT2D eigenvalue weighted by Crippen LogP contribution is 2.29. The molecule has 154 valence electrons. The number of halogens is 1. The average Bonchev–Trinajstić information content (AvgIpc) is 2.74. The van der Waals surface area contributed by atoms with Crippen LogP contribution in [0.4, 0.5) is 17.1 Å². The summed E-state index contributed by atoms with van der Waals surface area (Å²) in [6.07, 6.45) is 0. The number of anilines is 3. The smallest absolute Gasteiger partial charge is 0.342 e. The standard InChI is InChI=1S/C20H22ClN3O5/c1-27-18-11-17(22)16(21)10-15(18)20(26)29-12-19(25)23-13-2-4-14(5-3-13)24-6-8-28-9-7-24/h2-5,10-11H,6-9,12,22H2,1H3,(H,23,25). The van der Waals surface area contributed by atoms with E-state index in [4.69, 9.17) is 31.5 Å². The highest BCUT2D eigenvalue weighted by Gasteiger charge is 2.18. The number of amides is 1. The van der Waals surface area contributed by atoms with Crippen LogP contribution in [-0.4, -0.2) is 51.9 Å². The predicted octanol–water partition coefficient (Wildman–Crippen LogP) is 2.56. The third-order valence-corrected chi connectivity index (χ3v) is 4.73. The van der Waals surface area contributed by atoms with Gasteiger partial charge in [-0.1, -0.05) is 11.6 Å². The number of benzene rings is 2. The Labute approximate surface area is 173 Å². The SMILES string of the molecule is COc1cc(N)c(Cl)cc1C(=O)OCC(=O)Nc1ccc(N2CCOCC2)cc1. The van der Waals surface area contributed by atoms with Crippen molar-refractivity contribution in [1.82, 2.24) is 0 Å². The van der Waals surface area contributed by atoms with E-state index in [1.54, 1.807) is 12.1 Å². The number of rotatable bonds is 6. The van der Waals surface area contributed by atoms with Gasteiger partial charge in [-0.25, -0.2) is 4.79 Å². The van der Waals surface area contributed by atoms with Gasteiger partial charge in [0.1, 0.15) is 11.3 Å². The lowest BCUT2D eigenvalue weighted by atomic mass is 10.2. The zero-order valence-corrected chi connectivity index (χ0v) is 16.7. The molecule has 1 heterocycles. The summed E-state index contributed by atoms with van der Waals surface area (Å²) in [5.41, 5.74) is 7.73.